The van der Waals surface area contributed by atoms with Crippen LogP contribution in [-0.4, -0.2) is 6.61 Å². The van der Waals surface area contributed by atoms with Crippen molar-refractivity contribution >= 4 is 11.6 Å². The predicted octanol–water partition coefficient (Wildman–Crippen LogP) is 2.72. The van der Waals surface area contributed by atoms with Crippen molar-refractivity contribution in [2.24, 2.45) is 0 Å². The minimum absolute atomic E-state index is 0.340. The number of halogens is 1. The van der Waals surface area contributed by atoms with E-state index in [1.165, 1.54) is 11.1 Å². The van der Waals surface area contributed by atoms with Gasteiger partial charge in [-0.3, -0.25) is 0 Å². The summed E-state index contributed by atoms with van der Waals surface area (Å²) in [7, 11) is 0. The van der Waals surface area contributed by atoms with Gasteiger partial charge in [-0.05, 0) is 30.2 Å². The van der Waals surface area contributed by atoms with Gasteiger partial charge in [0.1, 0.15) is 6.10 Å². The van der Waals surface area contributed by atoms with Crippen LogP contribution in [0.15, 0.2) is 18.2 Å². The van der Waals surface area contributed by atoms with E-state index in [-0.39, 0.29) is 0 Å². The number of benzene rings is 1. The molecule has 1 aliphatic heterocycles. The average molecular weight is 169 g/mol. The summed E-state index contributed by atoms with van der Waals surface area (Å²) >= 11 is 5.80. The van der Waals surface area contributed by atoms with Crippen molar-refractivity contribution < 1.29 is 4.74 Å². The zero-order valence-electron chi connectivity index (χ0n) is 6.30. The van der Waals surface area contributed by atoms with E-state index in [4.69, 9.17) is 16.3 Å². The van der Waals surface area contributed by atoms with Gasteiger partial charge >= 0.3 is 0 Å². The Bertz CT molecular complexity index is 279. The molecule has 1 aromatic carbocycles. The van der Waals surface area contributed by atoms with E-state index < -0.39 is 0 Å². The smallest absolute Gasteiger partial charge is 0.106 e. The lowest BCUT2D eigenvalue weighted by molar-refractivity contribution is 0.415. The van der Waals surface area contributed by atoms with E-state index in [1.54, 1.807) is 0 Å². The molecule has 1 atom stereocenters. The Labute approximate surface area is 70.9 Å². The molecule has 1 saturated heterocycles. The number of hydrogen-bond donors (Lipinski definition) is 0. The van der Waals surface area contributed by atoms with Gasteiger partial charge < -0.3 is 4.74 Å². The summed E-state index contributed by atoms with van der Waals surface area (Å²) in [5.41, 5.74) is 2.49. The zero-order valence-corrected chi connectivity index (χ0v) is 7.06. The fourth-order valence-electron chi connectivity index (χ4n) is 1.23. The van der Waals surface area contributed by atoms with Crippen molar-refractivity contribution in [3.8, 4) is 0 Å². The molecule has 2 heteroatoms. The Morgan fingerprint density at radius 3 is 2.82 bits per heavy atom. The maximum Gasteiger partial charge on any atom is 0.106 e. The second-order valence-corrected chi connectivity index (χ2v) is 3.26. The molecule has 0 N–H and O–H groups in total. The van der Waals surface area contributed by atoms with E-state index in [2.05, 4.69) is 6.92 Å². The first kappa shape index (κ1) is 7.14. The Hall–Kier alpha value is -0.530. The number of aryl methyl sites for hydroxylation is 1. The van der Waals surface area contributed by atoms with Crippen molar-refractivity contribution in [1.29, 1.82) is 0 Å². The third-order valence-corrected chi connectivity index (χ3v) is 2.15. The Kier molecular flexibility index (Phi) is 1.63. The third-order valence-electron chi connectivity index (χ3n) is 1.91. The van der Waals surface area contributed by atoms with Crippen LogP contribution in [0.25, 0.3) is 0 Å². The zero-order chi connectivity index (χ0) is 7.84. The van der Waals surface area contributed by atoms with Crippen LogP contribution in [0, 0.1) is 6.92 Å². The second-order valence-electron chi connectivity index (χ2n) is 2.82. The molecule has 58 valence electrons. The molecule has 1 nitrogen and oxygen atoms in total. The summed E-state index contributed by atoms with van der Waals surface area (Å²) in [6.45, 7) is 2.92. The number of ether oxygens (including phenoxy) is 1. The number of rotatable bonds is 1. The second kappa shape index (κ2) is 2.50. The van der Waals surface area contributed by atoms with Gasteiger partial charge in [0.15, 0.2) is 0 Å². The molecule has 1 aromatic rings. The van der Waals surface area contributed by atoms with Gasteiger partial charge in [0.05, 0.1) is 6.61 Å². The fourth-order valence-corrected chi connectivity index (χ4v) is 1.45. The maximum atomic E-state index is 5.80. The molecule has 0 amide bonds. The van der Waals surface area contributed by atoms with Gasteiger partial charge in [0.2, 0.25) is 0 Å². The summed E-state index contributed by atoms with van der Waals surface area (Å²) in [5, 5.41) is 0.798. The molecule has 2 rings (SSSR count). The van der Waals surface area contributed by atoms with E-state index in [1.807, 2.05) is 18.2 Å². The molecule has 0 spiro atoms. The van der Waals surface area contributed by atoms with Crippen molar-refractivity contribution in [3.63, 3.8) is 0 Å². The Morgan fingerprint density at radius 2 is 2.27 bits per heavy atom. The van der Waals surface area contributed by atoms with Crippen LogP contribution in [0.4, 0.5) is 0 Å². The van der Waals surface area contributed by atoms with Gasteiger partial charge in [0, 0.05) is 5.02 Å². The Balaban J connectivity index is 2.39. The van der Waals surface area contributed by atoms with Crippen LogP contribution < -0.4 is 0 Å². The first-order chi connectivity index (χ1) is 5.27. The lowest BCUT2D eigenvalue weighted by Gasteiger charge is -2.00. The Morgan fingerprint density at radius 1 is 1.55 bits per heavy atom. The molecule has 1 fully saturated rings. The van der Waals surface area contributed by atoms with Crippen LogP contribution in [0.5, 0.6) is 0 Å². The predicted molar refractivity (Wildman–Crippen MR) is 44.9 cm³/mol. The molecular weight excluding hydrogens is 160 g/mol. The summed E-state index contributed by atoms with van der Waals surface area (Å²) in [5.74, 6) is 0. The van der Waals surface area contributed by atoms with Crippen molar-refractivity contribution in [3.05, 3.63) is 34.3 Å². The molecule has 1 heterocycles. The van der Waals surface area contributed by atoms with Crippen LogP contribution in [0.1, 0.15) is 17.2 Å². The largest absolute Gasteiger partial charge is 0.368 e. The molecule has 0 aromatic heterocycles. The van der Waals surface area contributed by atoms with E-state index in [0.29, 0.717) is 6.10 Å². The number of epoxide rings is 1. The standard InChI is InChI=1S/C9H9ClO/c1-6-4-7(10)2-3-8(6)9-5-11-9/h2-4,9H,5H2,1H3/t9-/m0/s1. The minimum Gasteiger partial charge on any atom is -0.368 e. The topological polar surface area (TPSA) is 12.5 Å². The maximum absolute atomic E-state index is 5.80. The molecule has 0 unspecified atom stereocenters. The van der Waals surface area contributed by atoms with Crippen molar-refractivity contribution in [2.45, 2.75) is 13.0 Å². The highest BCUT2D eigenvalue weighted by atomic mass is 35.5. The van der Waals surface area contributed by atoms with Gasteiger partial charge in [0.25, 0.3) is 0 Å². The average Bonchev–Trinajstić information content (AvgIpc) is 2.70. The first-order valence-corrected chi connectivity index (χ1v) is 4.03. The minimum atomic E-state index is 0.340. The molecule has 11 heavy (non-hydrogen) atoms. The molecule has 0 radical (unpaired) electrons. The van der Waals surface area contributed by atoms with Crippen LogP contribution in [0.2, 0.25) is 5.02 Å². The summed E-state index contributed by atoms with van der Waals surface area (Å²) in [4.78, 5) is 0. The highest BCUT2D eigenvalue weighted by molar-refractivity contribution is 6.30. The van der Waals surface area contributed by atoms with E-state index in [9.17, 15) is 0 Å². The molecule has 1 aliphatic rings. The van der Waals surface area contributed by atoms with E-state index >= 15 is 0 Å². The molecular formula is C9H9ClO. The highest BCUT2D eigenvalue weighted by Crippen LogP contribution is 2.32. The summed E-state index contributed by atoms with van der Waals surface area (Å²) < 4.78 is 5.17. The first-order valence-electron chi connectivity index (χ1n) is 3.65. The van der Waals surface area contributed by atoms with Gasteiger partial charge in [-0.1, -0.05) is 17.7 Å². The SMILES string of the molecule is Cc1cc(Cl)ccc1[C@@H]1CO1. The monoisotopic (exact) mass is 168 g/mol. The number of hydrogen-bond acceptors (Lipinski definition) is 1. The van der Waals surface area contributed by atoms with E-state index in [0.717, 1.165) is 11.6 Å². The molecule has 0 saturated carbocycles. The van der Waals surface area contributed by atoms with Crippen LogP contribution in [0.3, 0.4) is 0 Å². The fraction of sp³-hybridized carbons (Fsp3) is 0.333. The quantitative estimate of drug-likeness (QED) is 0.588. The lowest BCUT2D eigenvalue weighted by atomic mass is 10.1. The summed E-state index contributed by atoms with van der Waals surface area (Å²) in [6, 6.07) is 5.92. The van der Waals surface area contributed by atoms with Gasteiger partial charge in [-0.25, -0.2) is 0 Å². The molecule has 0 aliphatic carbocycles. The third kappa shape index (κ3) is 1.39. The normalized spacial score (nSPS) is 21.8. The van der Waals surface area contributed by atoms with Crippen molar-refractivity contribution in [2.75, 3.05) is 6.61 Å². The highest BCUT2D eigenvalue weighted by Gasteiger charge is 2.25. The lowest BCUT2D eigenvalue weighted by Crippen LogP contribution is -1.85. The van der Waals surface area contributed by atoms with Crippen LogP contribution >= 0.6 is 11.6 Å². The van der Waals surface area contributed by atoms with Crippen LogP contribution in [-0.2, 0) is 4.74 Å². The molecule has 0 bridgehead atoms. The van der Waals surface area contributed by atoms with Crippen molar-refractivity contribution in [1.82, 2.24) is 0 Å². The van der Waals surface area contributed by atoms with Gasteiger partial charge in [-0.2, -0.15) is 0 Å². The summed E-state index contributed by atoms with van der Waals surface area (Å²) in [6.07, 6.45) is 0.340. The van der Waals surface area contributed by atoms with Gasteiger partial charge in [-0.15, -0.1) is 0 Å².